The van der Waals surface area contributed by atoms with Crippen LogP contribution in [0.2, 0.25) is 0 Å². The number of ether oxygens (including phenoxy) is 3. The normalized spacial score (nSPS) is 11.3. The summed E-state index contributed by atoms with van der Waals surface area (Å²) in [6.07, 6.45) is 4.11. The number of carbonyl (C=O) groups is 3. The summed E-state index contributed by atoms with van der Waals surface area (Å²) in [7, 11) is 0. The van der Waals surface area contributed by atoms with Crippen LogP contribution in [0.3, 0.4) is 0 Å². The van der Waals surface area contributed by atoms with E-state index in [1.54, 1.807) is 36.4 Å². The van der Waals surface area contributed by atoms with Crippen LogP contribution < -0.4 is 28.9 Å². The summed E-state index contributed by atoms with van der Waals surface area (Å²) >= 11 is 0. The number of hydrogen-bond donors (Lipinski definition) is 0. The van der Waals surface area contributed by atoms with Crippen LogP contribution in [0.15, 0.2) is 108 Å². The standard InChI is InChI=1S/C48H48N6O6/c1-7-52(8-2)40-19-13-34(14-20-40)25-37(31-49)46(55)58-43-28-44(59-47(56)38(32-50)26-35-15-21-41(22-16-35)53(9-3)10-4)30-45(29-43)60-48(57)39(33-51)27-36-17-23-42(24-18-36)54(11-5)12-6/h13-30H,7-12H2,1-6H3/b37-25+,38-26+,39-27+. The molecule has 306 valence electrons. The highest BCUT2D eigenvalue weighted by atomic mass is 16.6. The first-order valence-electron chi connectivity index (χ1n) is 19.7. The van der Waals surface area contributed by atoms with Crippen LogP contribution in [0.5, 0.6) is 17.2 Å². The van der Waals surface area contributed by atoms with Crippen molar-refractivity contribution in [2.24, 2.45) is 0 Å². The molecule has 0 aromatic heterocycles. The quantitative estimate of drug-likeness (QED) is 0.0408. The van der Waals surface area contributed by atoms with Crippen molar-refractivity contribution >= 4 is 53.2 Å². The van der Waals surface area contributed by atoms with Gasteiger partial charge in [0.15, 0.2) is 0 Å². The van der Waals surface area contributed by atoms with Crippen LogP contribution in [-0.2, 0) is 14.4 Å². The Labute approximate surface area is 352 Å². The fraction of sp³-hybridized carbons (Fsp3) is 0.250. The Morgan fingerprint density at radius 2 is 0.650 bits per heavy atom. The Morgan fingerprint density at radius 3 is 0.833 bits per heavy atom. The molecule has 0 aliphatic carbocycles. The highest BCUT2D eigenvalue weighted by Crippen LogP contribution is 2.30. The average Bonchev–Trinajstić information content (AvgIpc) is 3.26. The van der Waals surface area contributed by atoms with E-state index in [1.807, 2.05) is 96.1 Å². The van der Waals surface area contributed by atoms with Crippen molar-refractivity contribution in [3.63, 3.8) is 0 Å². The maximum atomic E-state index is 13.4. The molecule has 0 radical (unpaired) electrons. The fourth-order valence-electron chi connectivity index (χ4n) is 6.23. The van der Waals surface area contributed by atoms with E-state index in [2.05, 4.69) is 14.7 Å². The lowest BCUT2D eigenvalue weighted by Gasteiger charge is -2.20. The molecule has 0 aliphatic heterocycles. The Bertz CT molecular complexity index is 2070. The molecule has 0 saturated heterocycles. The van der Waals surface area contributed by atoms with Gasteiger partial charge in [0.25, 0.3) is 0 Å². The molecule has 60 heavy (non-hydrogen) atoms. The zero-order chi connectivity index (χ0) is 43.6. The molecule has 0 bridgehead atoms. The van der Waals surface area contributed by atoms with Gasteiger partial charge in [0.2, 0.25) is 0 Å². The second-order valence-corrected chi connectivity index (χ2v) is 13.1. The van der Waals surface area contributed by atoms with Gasteiger partial charge in [-0.3, -0.25) is 0 Å². The Hall–Kier alpha value is -7.62. The van der Waals surface area contributed by atoms with Gasteiger partial charge in [0, 0.05) is 74.5 Å². The zero-order valence-corrected chi connectivity index (χ0v) is 34.8. The van der Waals surface area contributed by atoms with Crippen molar-refractivity contribution in [2.45, 2.75) is 41.5 Å². The van der Waals surface area contributed by atoms with Crippen molar-refractivity contribution < 1.29 is 28.6 Å². The van der Waals surface area contributed by atoms with Gasteiger partial charge >= 0.3 is 17.9 Å². The molecule has 0 unspecified atom stereocenters. The number of carbonyl (C=O) groups excluding carboxylic acids is 3. The summed E-state index contributed by atoms with van der Waals surface area (Å²) in [6, 6.07) is 31.0. The van der Waals surface area contributed by atoms with Crippen LogP contribution in [0.25, 0.3) is 18.2 Å². The second kappa shape index (κ2) is 22.4. The molecule has 0 atom stereocenters. The van der Waals surface area contributed by atoms with Crippen LogP contribution in [0.4, 0.5) is 17.1 Å². The average molecular weight is 805 g/mol. The third-order valence-electron chi connectivity index (χ3n) is 9.50. The number of nitriles is 3. The smallest absolute Gasteiger partial charge is 0.354 e. The van der Waals surface area contributed by atoms with Crippen molar-refractivity contribution in [1.29, 1.82) is 15.8 Å². The number of rotatable bonds is 18. The summed E-state index contributed by atoms with van der Waals surface area (Å²) in [5.41, 5.74) is 3.67. The predicted octanol–water partition coefficient (Wildman–Crippen LogP) is 8.76. The minimum absolute atomic E-state index is 0.255. The Morgan fingerprint density at radius 1 is 0.433 bits per heavy atom. The first-order valence-corrected chi connectivity index (χ1v) is 19.7. The van der Waals surface area contributed by atoms with Crippen molar-refractivity contribution in [1.82, 2.24) is 0 Å². The minimum atomic E-state index is -1.04. The molecule has 4 aromatic carbocycles. The van der Waals surface area contributed by atoms with E-state index in [9.17, 15) is 30.2 Å². The fourth-order valence-corrected chi connectivity index (χ4v) is 6.23. The van der Waals surface area contributed by atoms with Crippen molar-refractivity contribution in [3.8, 4) is 35.5 Å². The van der Waals surface area contributed by atoms with Crippen molar-refractivity contribution in [3.05, 3.63) is 124 Å². The Balaban J connectivity index is 1.66. The van der Waals surface area contributed by atoms with Gasteiger partial charge in [0.05, 0.1) is 0 Å². The Kier molecular flexibility index (Phi) is 16.8. The summed E-state index contributed by atoms with van der Waals surface area (Å²) in [4.78, 5) is 46.5. The highest BCUT2D eigenvalue weighted by Gasteiger charge is 2.20. The lowest BCUT2D eigenvalue weighted by molar-refractivity contribution is -0.130. The molecule has 0 fully saturated rings. The number of esters is 3. The third kappa shape index (κ3) is 12.2. The lowest BCUT2D eigenvalue weighted by atomic mass is 10.1. The van der Waals surface area contributed by atoms with Gasteiger partial charge in [-0.25, -0.2) is 14.4 Å². The molecule has 0 saturated carbocycles. The first-order chi connectivity index (χ1) is 29.0. The van der Waals surface area contributed by atoms with E-state index in [0.717, 1.165) is 56.3 Å². The SMILES string of the molecule is CCN(CC)c1ccc(/C=C(\C#N)C(=O)Oc2cc(OC(=O)/C(C#N)=C/c3ccc(N(CC)CC)cc3)cc(OC(=O)/C(C#N)=C/c3ccc(N(CC)CC)cc3)c2)cc1. The van der Waals surface area contributed by atoms with Gasteiger partial charge in [-0.05, 0) is 113 Å². The summed E-state index contributed by atoms with van der Waals surface area (Å²) < 4.78 is 16.7. The molecular formula is C48H48N6O6. The molecule has 0 aliphatic rings. The third-order valence-corrected chi connectivity index (χ3v) is 9.50. The van der Waals surface area contributed by atoms with Gasteiger partial charge in [-0.1, -0.05) is 36.4 Å². The molecule has 4 aromatic rings. The molecule has 0 heterocycles. The van der Waals surface area contributed by atoms with Gasteiger partial charge in [0.1, 0.15) is 52.2 Å². The predicted molar refractivity (Wildman–Crippen MR) is 234 cm³/mol. The van der Waals surface area contributed by atoms with E-state index >= 15 is 0 Å². The molecular weight excluding hydrogens is 757 g/mol. The zero-order valence-electron chi connectivity index (χ0n) is 34.8. The van der Waals surface area contributed by atoms with E-state index in [4.69, 9.17) is 14.2 Å². The molecule has 4 rings (SSSR count). The summed E-state index contributed by atoms with van der Waals surface area (Å²) in [5.74, 6) is -3.88. The minimum Gasteiger partial charge on any atom is -0.422 e. The maximum absolute atomic E-state index is 13.4. The number of hydrogen-bond acceptors (Lipinski definition) is 12. The number of nitrogens with zero attached hydrogens (tertiary/aromatic N) is 6. The topological polar surface area (TPSA) is 160 Å². The molecule has 0 N–H and O–H groups in total. The highest BCUT2D eigenvalue weighted by molar-refractivity contribution is 6.01. The first kappa shape index (κ1) is 45.1. The van der Waals surface area contributed by atoms with Crippen LogP contribution in [0, 0.1) is 34.0 Å². The van der Waals surface area contributed by atoms with Crippen molar-refractivity contribution in [2.75, 3.05) is 54.0 Å². The molecule has 12 heteroatoms. The van der Waals surface area contributed by atoms with Gasteiger partial charge in [-0.2, -0.15) is 15.8 Å². The lowest BCUT2D eigenvalue weighted by Crippen LogP contribution is -2.21. The monoisotopic (exact) mass is 804 g/mol. The van der Waals surface area contributed by atoms with Crippen LogP contribution in [0.1, 0.15) is 58.2 Å². The second-order valence-electron chi connectivity index (χ2n) is 13.1. The molecule has 0 amide bonds. The number of anilines is 3. The van der Waals surface area contributed by atoms with E-state index < -0.39 is 17.9 Å². The molecule has 0 spiro atoms. The van der Waals surface area contributed by atoms with Crippen LogP contribution in [-0.4, -0.2) is 57.2 Å². The summed E-state index contributed by atoms with van der Waals surface area (Å²) in [6.45, 7) is 17.1. The largest absolute Gasteiger partial charge is 0.422 e. The van der Waals surface area contributed by atoms with E-state index in [1.165, 1.54) is 36.4 Å². The maximum Gasteiger partial charge on any atom is 0.354 e. The van der Waals surface area contributed by atoms with E-state index in [0.29, 0.717) is 16.7 Å². The van der Waals surface area contributed by atoms with Crippen LogP contribution >= 0.6 is 0 Å². The van der Waals surface area contributed by atoms with E-state index in [-0.39, 0.29) is 34.0 Å². The molecule has 12 nitrogen and oxygen atoms in total. The number of benzene rings is 4. The summed E-state index contributed by atoms with van der Waals surface area (Å²) in [5, 5.41) is 29.7. The van der Waals surface area contributed by atoms with Gasteiger partial charge in [-0.15, -0.1) is 0 Å². The van der Waals surface area contributed by atoms with Gasteiger partial charge < -0.3 is 28.9 Å².